The maximum absolute atomic E-state index is 14.0. The molecule has 1 unspecified atom stereocenters. The van der Waals surface area contributed by atoms with Gasteiger partial charge in [-0.15, -0.1) is 5.10 Å². The molecule has 1 fully saturated rings. The van der Waals surface area contributed by atoms with Crippen LogP contribution in [0.2, 0.25) is 0 Å². The first kappa shape index (κ1) is 42.7. The van der Waals surface area contributed by atoms with Gasteiger partial charge in [0.15, 0.2) is 0 Å². The number of nitrogens with zero attached hydrogens (tertiary/aromatic N) is 4. The molecule has 4 amide bonds. The van der Waals surface area contributed by atoms with E-state index in [-0.39, 0.29) is 31.1 Å². The minimum absolute atomic E-state index is 0.0189. The van der Waals surface area contributed by atoms with Crippen LogP contribution in [0.15, 0.2) is 60.8 Å². The molecule has 0 spiro atoms. The fraction of sp³-hybridized carbons (Fsp3) is 0.525. The van der Waals surface area contributed by atoms with Crippen LogP contribution < -0.4 is 31.3 Å². The Morgan fingerprint density at radius 1 is 0.965 bits per heavy atom. The molecular weight excluding hydrogens is 734 g/mol. The lowest BCUT2D eigenvalue weighted by Gasteiger charge is -2.35. The summed E-state index contributed by atoms with van der Waals surface area (Å²) in [6.45, 7) is 3.18. The van der Waals surface area contributed by atoms with E-state index in [1.165, 1.54) is 0 Å². The molecule has 0 saturated carbocycles. The molecule has 6 atom stereocenters. The van der Waals surface area contributed by atoms with Gasteiger partial charge in [0, 0.05) is 45.0 Å². The molecule has 4 heterocycles. The van der Waals surface area contributed by atoms with E-state index in [4.69, 9.17) is 4.74 Å². The third-order valence-corrected chi connectivity index (χ3v) is 10.4. The number of carboxylic acid groups (broad SMARTS) is 1. The van der Waals surface area contributed by atoms with Crippen LogP contribution >= 0.6 is 0 Å². The van der Waals surface area contributed by atoms with Crippen molar-refractivity contribution in [1.82, 2.24) is 46.5 Å². The first-order chi connectivity index (χ1) is 27.5. The fourth-order valence-corrected chi connectivity index (χ4v) is 6.98. The van der Waals surface area contributed by atoms with E-state index < -0.39 is 54.2 Å². The molecule has 57 heavy (non-hydrogen) atoms. The predicted molar refractivity (Wildman–Crippen MR) is 209 cm³/mol. The number of amides is 4. The number of hydrogen-bond donors (Lipinski definition) is 7. The Hall–Kier alpha value is -5.39. The van der Waals surface area contributed by atoms with Crippen molar-refractivity contribution in [2.75, 3.05) is 26.7 Å². The van der Waals surface area contributed by atoms with Crippen molar-refractivity contribution in [2.45, 2.75) is 108 Å². The molecule has 6 rings (SSSR count). The van der Waals surface area contributed by atoms with Crippen molar-refractivity contribution in [3.05, 3.63) is 77.6 Å². The Morgan fingerprint density at radius 2 is 1.74 bits per heavy atom. The van der Waals surface area contributed by atoms with Gasteiger partial charge in [-0.2, -0.15) is 0 Å². The van der Waals surface area contributed by atoms with Gasteiger partial charge in [-0.3, -0.25) is 24.1 Å². The molecule has 7 N–H and O–H groups in total. The van der Waals surface area contributed by atoms with E-state index in [1.807, 2.05) is 30.3 Å². The standard InChI is InChI=1S/C40H55N9O8/c1-26(41-2)36(51)43-31-11-6-7-19-42-35(50)18-15-29-25-48(47-46-29)21-22-57-30-16-13-28(14-17-30)24-33(40(55)56)45-37(52)32(23-27-9-4-3-5-10-27)44-38(53)34-12-8-20-49(34)39(31)54/h3-5,9-10,13-14,16-17,25-26,31-34,39,41,54H,6-8,11-12,15,18-24H2,1-2H3,(H,42,50)(H,43,51)(H,44,53)(H,45,52)(H,55,56)/t26-,31-,32-,33+,34-,39?/m0/s1. The van der Waals surface area contributed by atoms with Gasteiger partial charge in [-0.05, 0) is 69.3 Å². The average Bonchev–Trinajstić information content (AvgIpc) is 3.89. The Morgan fingerprint density at radius 3 is 2.47 bits per heavy atom. The van der Waals surface area contributed by atoms with E-state index >= 15 is 0 Å². The van der Waals surface area contributed by atoms with Gasteiger partial charge in [0.2, 0.25) is 23.6 Å². The van der Waals surface area contributed by atoms with Crippen LogP contribution in [0.5, 0.6) is 5.75 Å². The number of benzene rings is 2. The van der Waals surface area contributed by atoms with E-state index in [1.54, 1.807) is 54.0 Å². The maximum atomic E-state index is 14.0. The van der Waals surface area contributed by atoms with Gasteiger partial charge in [0.1, 0.15) is 30.7 Å². The lowest BCUT2D eigenvalue weighted by Crippen LogP contribution is -2.60. The quantitative estimate of drug-likeness (QED) is 0.179. The van der Waals surface area contributed by atoms with E-state index in [0.29, 0.717) is 81.8 Å². The molecule has 1 aromatic heterocycles. The summed E-state index contributed by atoms with van der Waals surface area (Å²) < 4.78 is 7.50. The highest BCUT2D eigenvalue weighted by Gasteiger charge is 2.40. The lowest BCUT2D eigenvalue weighted by molar-refractivity contribution is -0.142. The van der Waals surface area contributed by atoms with E-state index in [2.05, 4.69) is 36.9 Å². The number of carbonyl (C=O) groups is 5. The molecule has 0 radical (unpaired) electrons. The minimum atomic E-state index is -1.29. The smallest absolute Gasteiger partial charge is 0.326 e. The van der Waals surface area contributed by atoms with Crippen molar-refractivity contribution in [1.29, 1.82) is 0 Å². The van der Waals surface area contributed by atoms with Gasteiger partial charge >= 0.3 is 5.97 Å². The van der Waals surface area contributed by atoms with Gasteiger partial charge in [-0.1, -0.05) is 47.7 Å². The van der Waals surface area contributed by atoms with E-state index in [9.17, 15) is 34.2 Å². The number of ether oxygens (including phenoxy) is 1. The Kier molecular flexibility index (Phi) is 15.9. The summed E-state index contributed by atoms with van der Waals surface area (Å²) in [5.74, 6) is -2.27. The molecule has 4 bridgehead atoms. The highest BCUT2D eigenvalue weighted by atomic mass is 16.5. The summed E-state index contributed by atoms with van der Waals surface area (Å²) >= 11 is 0. The lowest BCUT2D eigenvalue weighted by atomic mass is 10.0. The number of fused-ring (bicyclic) bond motifs is 19. The van der Waals surface area contributed by atoms with Gasteiger partial charge < -0.3 is 41.5 Å². The molecule has 2 aromatic carbocycles. The van der Waals surface area contributed by atoms with Gasteiger partial charge in [0.05, 0.1) is 30.4 Å². The zero-order valence-corrected chi connectivity index (χ0v) is 32.6. The molecule has 17 nitrogen and oxygen atoms in total. The summed E-state index contributed by atoms with van der Waals surface area (Å²) in [6, 6.07) is 11.5. The number of aryl methyl sites for hydroxylation is 1. The fourth-order valence-electron chi connectivity index (χ4n) is 6.98. The second-order valence-corrected chi connectivity index (χ2v) is 14.6. The summed E-state index contributed by atoms with van der Waals surface area (Å²) in [4.78, 5) is 67.7. The molecular formula is C40H55N9O8. The highest BCUT2D eigenvalue weighted by Crippen LogP contribution is 2.23. The molecule has 3 aliphatic heterocycles. The largest absolute Gasteiger partial charge is 0.492 e. The number of hydrogen-bond acceptors (Lipinski definition) is 11. The zero-order valence-electron chi connectivity index (χ0n) is 32.6. The van der Waals surface area contributed by atoms with Gasteiger partial charge in [0.25, 0.3) is 0 Å². The predicted octanol–water partition coefficient (Wildman–Crippen LogP) is 0.305. The van der Waals surface area contributed by atoms with Crippen LogP contribution in [-0.4, -0.2) is 123 Å². The first-order valence-electron chi connectivity index (χ1n) is 19.7. The van der Waals surface area contributed by atoms with E-state index in [0.717, 1.165) is 5.56 Å². The van der Waals surface area contributed by atoms with Crippen molar-refractivity contribution < 1.29 is 38.9 Å². The number of nitrogens with one attached hydrogen (secondary N) is 5. The number of carboxylic acids is 1. The van der Waals surface area contributed by atoms with Crippen LogP contribution in [0.3, 0.4) is 0 Å². The summed E-state index contributed by atoms with van der Waals surface area (Å²) in [6.07, 6.45) is 3.76. The molecule has 3 aliphatic rings. The van der Waals surface area contributed by atoms with Crippen LogP contribution in [0, 0.1) is 0 Å². The normalized spacial score (nSPS) is 24.3. The van der Waals surface area contributed by atoms with Crippen LogP contribution in [-0.2, 0) is 49.8 Å². The summed E-state index contributed by atoms with van der Waals surface area (Å²) in [5, 5.41) is 44.5. The molecule has 17 heteroatoms. The third-order valence-electron chi connectivity index (χ3n) is 10.4. The number of aliphatic hydroxyl groups excluding tert-OH is 1. The number of rotatable bonds is 6. The molecule has 3 aromatic rings. The van der Waals surface area contributed by atoms with Gasteiger partial charge in [-0.25, -0.2) is 9.48 Å². The van der Waals surface area contributed by atoms with Crippen LogP contribution in [0.25, 0.3) is 0 Å². The average molecular weight is 790 g/mol. The summed E-state index contributed by atoms with van der Waals surface area (Å²) in [5.41, 5.74) is 2.07. The number of likely N-dealkylation sites (N-methyl/N-ethyl adjacent to an activating group) is 1. The Labute approximate surface area is 332 Å². The maximum Gasteiger partial charge on any atom is 0.326 e. The Balaban J connectivity index is 1.37. The molecule has 1 saturated heterocycles. The van der Waals surface area contributed by atoms with Crippen molar-refractivity contribution in [3.63, 3.8) is 0 Å². The topological polar surface area (TPSA) is 229 Å². The number of aliphatic carboxylic acids is 1. The summed E-state index contributed by atoms with van der Waals surface area (Å²) in [7, 11) is 1.66. The van der Waals surface area contributed by atoms with Crippen molar-refractivity contribution in [2.24, 2.45) is 0 Å². The van der Waals surface area contributed by atoms with Crippen molar-refractivity contribution >= 4 is 29.6 Å². The second-order valence-electron chi connectivity index (χ2n) is 14.6. The third kappa shape index (κ3) is 12.8. The monoisotopic (exact) mass is 789 g/mol. The SMILES string of the molecule is CN[C@@H](C)C(=O)N[C@H]1CCCCNC(=O)CCc2cn(nn2)CCOc2ccc(cc2)C[C@H](C(=O)O)NC(=O)[C@H](Cc2ccccc2)NC(=O)[C@@H]2CCCN2C1O. The number of aliphatic hydroxyl groups is 1. The number of carbonyl (C=O) groups excluding carboxylic acids is 4. The van der Waals surface area contributed by atoms with Crippen LogP contribution in [0.1, 0.15) is 62.3 Å². The highest BCUT2D eigenvalue weighted by molar-refractivity contribution is 5.92. The molecule has 0 aliphatic carbocycles. The van der Waals surface area contributed by atoms with Crippen molar-refractivity contribution in [3.8, 4) is 5.75 Å². The Bertz CT molecular complexity index is 1790. The second kappa shape index (κ2) is 21.2. The zero-order chi connectivity index (χ0) is 40.7. The van der Waals surface area contributed by atoms with Crippen LogP contribution in [0.4, 0.5) is 0 Å². The number of aromatic nitrogens is 3. The molecule has 308 valence electrons. The minimum Gasteiger partial charge on any atom is -0.492 e. The first-order valence-corrected chi connectivity index (χ1v) is 19.7.